The van der Waals surface area contributed by atoms with Crippen molar-refractivity contribution in [1.29, 1.82) is 0 Å². The zero-order chi connectivity index (χ0) is 10.8. The van der Waals surface area contributed by atoms with Crippen LogP contribution in [0, 0.1) is 0 Å². The van der Waals surface area contributed by atoms with E-state index in [2.05, 4.69) is 15.4 Å². The van der Waals surface area contributed by atoms with E-state index in [0.29, 0.717) is 6.04 Å². The summed E-state index contributed by atoms with van der Waals surface area (Å²) in [7, 11) is 0. The standard InChI is InChI=1S/C12H14N4/c1-2-10(3-1)15-11-8-14-16(9-11)12-4-6-13-7-5-12/h4-10,15H,1-3H2. The lowest BCUT2D eigenvalue weighted by Gasteiger charge is -2.26. The predicted octanol–water partition coefficient (Wildman–Crippen LogP) is 2.23. The maximum atomic E-state index is 4.32. The lowest BCUT2D eigenvalue weighted by atomic mass is 9.93. The molecule has 82 valence electrons. The number of pyridine rings is 1. The lowest BCUT2D eigenvalue weighted by molar-refractivity contribution is 0.445. The third kappa shape index (κ3) is 1.78. The Hall–Kier alpha value is -1.84. The summed E-state index contributed by atoms with van der Waals surface area (Å²) in [5, 5.41) is 7.79. The highest BCUT2D eigenvalue weighted by Gasteiger charge is 2.17. The fourth-order valence-corrected chi connectivity index (χ4v) is 1.82. The number of nitrogens with zero attached hydrogens (tertiary/aromatic N) is 3. The maximum absolute atomic E-state index is 4.32. The lowest BCUT2D eigenvalue weighted by Crippen LogP contribution is -2.26. The molecule has 2 aromatic heterocycles. The fourth-order valence-electron chi connectivity index (χ4n) is 1.82. The Morgan fingerprint density at radius 2 is 2.06 bits per heavy atom. The minimum atomic E-state index is 0.648. The van der Waals surface area contributed by atoms with E-state index in [9.17, 15) is 0 Å². The summed E-state index contributed by atoms with van der Waals surface area (Å²) in [5.74, 6) is 0. The maximum Gasteiger partial charge on any atom is 0.0733 e. The van der Waals surface area contributed by atoms with Gasteiger partial charge in [-0.3, -0.25) is 4.98 Å². The molecule has 0 bridgehead atoms. The van der Waals surface area contributed by atoms with E-state index in [1.54, 1.807) is 12.4 Å². The van der Waals surface area contributed by atoms with Crippen molar-refractivity contribution in [2.75, 3.05) is 5.32 Å². The summed E-state index contributed by atoms with van der Waals surface area (Å²) in [6.45, 7) is 0. The number of aromatic nitrogens is 3. The van der Waals surface area contributed by atoms with Crippen LogP contribution in [0.4, 0.5) is 5.69 Å². The van der Waals surface area contributed by atoms with Gasteiger partial charge in [-0.15, -0.1) is 0 Å². The van der Waals surface area contributed by atoms with Gasteiger partial charge in [0.2, 0.25) is 0 Å². The average Bonchev–Trinajstić information content (AvgIpc) is 2.73. The molecule has 1 fully saturated rings. The summed E-state index contributed by atoms with van der Waals surface area (Å²) in [5.41, 5.74) is 2.14. The normalized spacial score (nSPS) is 15.8. The Morgan fingerprint density at radius 1 is 1.25 bits per heavy atom. The van der Waals surface area contributed by atoms with E-state index in [4.69, 9.17) is 0 Å². The van der Waals surface area contributed by atoms with Crippen molar-refractivity contribution in [1.82, 2.24) is 14.8 Å². The molecular formula is C12H14N4. The molecule has 4 nitrogen and oxygen atoms in total. The van der Waals surface area contributed by atoms with Gasteiger partial charge in [0.05, 0.1) is 23.8 Å². The van der Waals surface area contributed by atoms with E-state index < -0.39 is 0 Å². The van der Waals surface area contributed by atoms with Crippen molar-refractivity contribution in [3.8, 4) is 5.69 Å². The molecule has 0 radical (unpaired) electrons. The van der Waals surface area contributed by atoms with Crippen LogP contribution in [0.25, 0.3) is 5.69 Å². The van der Waals surface area contributed by atoms with Gasteiger partial charge in [0.25, 0.3) is 0 Å². The molecule has 0 spiro atoms. The Kier molecular flexibility index (Phi) is 2.33. The Balaban J connectivity index is 1.77. The molecule has 0 aromatic carbocycles. The van der Waals surface area contributed by atoms with Gasteiger partial charge in [-0.1, -0.05) is 0 Å². The van der Waals surface area contributed by atoms with Crippen LogP contribution in [-0.4, -0.2) is 20.8 Å². The van der Waals surface area contributed by atoms with Gasteiger partial charge in [0.15, 0.2) is 0 Å². The minimum Gasteiger partial charge on any atom is -0.380 e. The van der Waals surface area contributed by atoms with Crippen LogP contribution in [0.5, 0.6) is 0 Å². The summed E-state index contributed by atoms with van der Waals surface area (Å²) >= 11 is 0. The van der Waals surface area contributed by atoms with Gasteiger partial charge in [-0.25, -0.2) is 4.68 Å². The highest BCUT2D eigenvalue weighted by atomic mass is 15.3. The van der Waals surface area contributed by atoms with Crippen molar-refractivity contribution < 1.29 is 0 Å². The van der Waals surface area contributed by atoms with Crippen molar-refractivity contribution in [2.45, 2.75) is 25.3 Å². The van der Waals surface area contributed by atoms with Crippen LogP contribution in [0.1, 0.15) is 19.3 Å². The van der Waals surface area contributed by atoms with E-state index in [-0.39, 0.29) is 0 Å². The molecule has 0 amide bonds. The Bertz CT molecular complexity index is 459. The second-order valence-corrected chi connectivity index (χ2v) is 4.15. The summed E-state index contributed by atoms with van der Waals surface area (Å²) in [4.78, 5) is 3.99. The number of anilines is 1. The molecular weight excluding hydrogens is 200 g/mol. The average molecular weight is 214 g/mol. The summed E-state index contributed by atoms with van der Waals surface area (Å²) in [6.07, 6.45) is 11.3. The SMILES string of the molecule is c1cc(-n2cc(NC3CCC3)cn2)ccn1. The first-order valence-corrected chi connectivity index (χ1v) is 5.63. The zero-order valence-electron chi connectivity index (χ0n) is 9.00. The molecule has 1 aliphatic carbocycles. The number of hydrogen-bond donors (Lipinski definition) is 1. The van der Waals surface area contributed by atoms with Crippen LogP contribution < -0.4 is 5.32 Å². The smallest absolute Gasteiger partial charge is 0.0733 e. The van der Waals surface area contributed by atoms with Crippen LogP contribution in [0.3, 0.4) is 0 Å². The highest BCUT2D eigenvalue weighted by molar-refractivity contribution is 5.43. The minimum absolute atomic E-state index is 0.648. The van der Waals surface area contributed by atoms with Crippen molar-refractivity contribution in [2.24, 2.45) is 0 Å². The van der Waals surface area contributed by atoms with Crippen LogP contribution >= 0.6 is 0 Å². The third-order valence-electron chi connectivity index (χ3n) is 2.99. The molecule has 3 rings (SSSR count). The third-order valence-corrected chi connectivity index (χ3v) is 2.99. The topological polar surface area (TPSA) is 42.7 Å². The van der Waals surface area contributed by atoms with Crippen LogP contribution in [-0.2, 0) is 0 Å². The van der Waals surface area contributed by atoms with Gasteiger partial charge in [0.1, 0.15) is 0 Å². The molecule has 2 heterocycles. The highest BCUT2D eigenvalue weighted by Crippen LogP contribution is 2.23. The first-order chi connectivity index (χ1) is 7.92. The van der Waals surface area contributed by atoms with Gasteiger partial charge in [-0.05, 0) is 31.4 Å². The molecule has 1 saturated carbocycles. The molecule has 0 aliphatic heterocycles. The second-order valence-electron chi connectivity index (χ2n) is 4.15. The quantitative estimate of drug-likeness (QED) is 0.852. The molecule has 0 unspecified atom stereocenters. The van der Waals surface area contributed by atoms with E-state index in [1.165, 1.54) is 19.3 Å². The number of hydrogen-bond acceptors (Lipinski definition) is 3. The predicted molar refractivity (Wildman–Crippen MR) is 62.6 cm³/mol. The fraction of sp³-hybridized carbons (Fsp3) is 0.333. The molecule has 1 N–H and O–H groups in total. The molecule has 2 aromatic rings. The monoisotopic (exact) mass is 214 g/mol. The van der Waals surface area contributed by atoms with E-state index in [0.717, 1.165) is 11.4 Å². The molecule has 16 heavy (non-hydrogen) atoms. The molecule has 0 atom stereocenters. The molecule has 4 heteroatoms. The first-order valence-electron chi connectivity index (χ1n) is 5.63. The summed E-state index contributed by atoms with van der Waals surface area (Å²) in [6, 6.07) is 4.54. The summed E-state index contributed by atoms with van der Waals surface area (Å²) < 4.78 is 1.86. The second kappa shape index (κ2) is 3.96. The van der Waals surface area contributed by atoms with Gasteiger partial charge in [0, 0.05) is 18.4 Å². The molecule has 0 saturated heterocycles. The number of nitrogens with one attached hydrogen (secondary N) is 1. The van der Waals surface area contributed by atoms with Crippen molar-refractivity contribution in [3.63, 3.8) is 0 Å². The van der Waals surface area contributed by atoms with Gasteiger partial charge in [-0.2, -0.15) is 5.10 Å². The largest absolute Gasteiger partial charge is 0.380 e. The van der Waals surface area contributed by atoms with Gasteiger partial charge < -0.3 is 5.32 Å². The Morgan fingerprint density at radius 3 is 2.75 bits per heavy atom. The van der Waals surface area contributed by atoms with Crippen LogP contribution in [0.15, 0.2) is 36.9 Å². The van der Waals surface area contributed by atoms with Crippen molar-refractivity contribution in [3.05, 3.63) is 36.9 Å². The van der Waals surface area contributed by atoms with E-state index >= 15 is 0 Å². The van der Waals surface area contributed by atoms with Crippen molar-refractivity contribution >= 4 is 5.69 Å². The van der Waals surface area contributed by atoms with E-state index in [1.807, 2.05) is 29.2 Å². The number of rotatable bonds is 3. The zero-order valence-corrected chi connectivity index (χ0v) is 9.00. The van der Waals surface area contributed by atoms with Gasteiger partial charge >= 0.3 is 0 Å². The first kappa shape index (κ1) is 9.39. The Labute approximate surface area is 94.3 Å². The van der Waals surface area contributed by atoms with Crippen LogP contribution in [0.2, 0.25) is 0 Å². The molecule has 1 aliphatic rings.